The van der Waals surface area contributed by atoms with Gasteiger partial charge in [0.15, 0.2) is 0 Å². The molecule has 5 rings (SSSR count). The van der Waals surface area contributed by atoms with Crippen molar-refractivity contribution in [1.29, 1.82) is 0 Å². The van der Waals surface area contributed by atoms with Gasteiger partial charge in [-0.2, -0.15) is 0 Å². The minimum absolute atomic E-state index is 0.0350. The molecule has 3 aromatic carbocycles. The van der Waals surface area contributed by atoms with Gasteiger partial charge in [-0.1, -0.05) is 78.9 Å². The first-order valence-corrected chi connectivity index (χ1v) is 11.4. The van der Waals surface area contributed by atoms with E-state index in [-0.39, 0.29) is 12.0 Å². The number of hydrogen-bond donors (Lipinski definition) is 0. The molecule has 0 bridgehead atoms. The number of esters is 1. The van der Waals surface area contributed by atoms with Crippen LogP contribution in [-0.2, 0) is 11.2 Å². The van der Waals surface area contributed by atoms with E-state index >= 15 is 0 Å². The number of benzene rings is 3. The average Bonchev–Trinajstić information content (AvgIpc) is 3.32. The molecule has 0 unspecified atom stereocenters. The van der Waals surface area contributed by atoms with Gasteiger partial charge in [0.2, 0.25) is 0 Å². The lowest BCUT2D eigenvalue weighted by Crippen LogP contribution is -2.15. The smallest absolute Gasteiger partial charge is 0.308 e. The lowest BCUT2D eigenvalue weighted by molar-refractivity contribution is -0.131. The molecule has 0 aliphatic heterocycles. The fraction of sp³-hybridized carbons (Fsp3) is 0.172. The molecule has 1 aromatic heterocycles. The Hall–Kier alpha value is -4.12. The van der Waals surface area contributed by atoms with Crippen molar-refractivity contribution < 1.29 is 14.3 Å². The summed E-state index contributed by atoms with van der Waals surface area (Å²) in [5, 5.41) is 0. The standard InChI is InChI=1S/C29H26N2O3/c1-21(32)34-27-14-8-13-25-19-22(15-16-26(25)27)20-33-29-30-17-18-31(29)28(23-9-4-2-5-10-23)24-11-6-3-7-12-24/h2-14,17-19,28H,15-16,20H2,1H3. The van der Waals surface area contributed by atoms with Crippen LogP contribution < -0.4 is 9.47 Å². The first-order valence-electron chi connectivity index (χ1n) is 11.4. The van der Waals surface area contributed by atoms with Gasteiger partial charge < -0.3 is 9.47 Å². The van der Waals surface area contributed by atoms with E-state index in [4.69, 9.17) is 9.47 Å². The molecule has 1 heterocycles. The van der Waals surface area contributed by atoms with Crippen LogP contribution in [0.25, 0.3) is 6.08 Å². The third kappa shape index (κ3) is 4.64. The van der Waals surface area contributed by atoms with E-state index in [9.17, 15) is 4.79 Å². The van der Waals surface area contributed by atoms with Crippen molar-refractivity contribution in [2.75, 3.05) is 6.61 Å². The van der Waals surface area contributed by atoms with E-state index in [0.717, 1.165) is 24.0 Å². The summed E-state index contributed by atoms with van der Waals surface area (Å²) in [6.07, 6.45) is 7.52. The van der Waals surface area contributed by atoms with Gasteiger partial charge >= 0.3 is 5.97 Å². The minimum Gasteiger partial charge on any atom is -0.460 e. The fourth-order valence-corrected chi connectivity index (χ4v) is 4.48. The highest BCUT2D eigenvalue weighted by Crippen LogP contribution is 2.33. The van der Waals surface area contributed by atoms with Crippen LogP contribution in [-0.4, -0.2) is 22.1 Å². The van der Waals surface area contributed by atoms with Crippen molar-refractivity contribution in [2.45, 2.75) is 25.8 Å². The summed E-state index contributed by atoms with van der Waals surface area (Å²) < 4.78 is 13.7. The molecule has 5 heteroatoms. The Morgan fingerprint density at radius 1 is 0.941 bits per heavy atom. The molecule has 4 aromatic rings. The topological polar surface area (TPSA) is 53.4 Å². The molecule has 1 aliphatic rings. The van der Waals surface area contributed by atoms with Gasteiger partial charge in [0.1, 0.15) is 12.4 Å². The molecule has 0 atom stereocenters. The first kappa shape index (κ1) is 21.7. The van der Waals surface area contributed by atoms with E-state index in [1.807, 2.05) is 36.5 Å². The van der Waals surface area contributed by atoms with Crippen LogP contribution in [0.4, 0.5) is 0 Å². The molecule has 34 heavy (non-hydrogen) atoms. The average molecular weight is 451 g/mol. The van der Waals surface area contributed by atoms with Gasteiger partial charge in [0.05, 0.1) is 6.04 Å². The monoisotopic (exact) mass is 450 g/mol. The van der Waals surface area contributed by atoms with Crippen LogP contribution in [0.15, 0.2) is 96.8 Å². The molecule has 170 valence electrons. The van der Waals surface area contributed by atoms with Crippen molar-refractivity contribution in [3.05, 3.63) is 119 Å². The first-order chi connectivity index (χ1) is 16.7. The van der Waals surface area contributed by atoms with Crippen LogP contribution in [0.5, 0.6) is 11.8 Å². The van der Waals surface area contributed by atoms with Crippen molar-refractivity contribution >= 4 is 12.0 Å². The molecular weight excluding hydrogens is 424 g/mol. The Balaban J connectivity index is 1.39. The molecule has 0 fully saturated rings. The largest absolute Gasteiger partial charge is 0.460 e. The molecule has 0 saturated carbocycles. The highest BCUT2D eigenvalue weighted by Gasteiger charge is 2.21. The Labute approximate surface area is 199 Å². The van der Waals surface area contributed by atoms with Crippen molar-refractivity contribution in [2.24, 2.45) is 0 Å². The lowest BCUT2D eigenvalue weighted by Gasteiger charge is -2.23. The van der Waals surface area contributed by atoms with Gasteiger partial charge in [0.25, 0.3) is 6.01 Å². The van der Waals surface area contributed by atoms with E-state index in [1.165, 1.54) is 23.6 Å². The summed E-state index contributed by atoms with van der Waals surface area (Å²) in [7, 11) is 0. The number of imidazole rings is 1. The highest BCUT2D eigenvalue weighted by atomic mass is 16.5. The molecule has 0 amide bonds. The molecule has 0 N–H and O–H groups in total. The SMILES string of the molecule is CC(=O)Oc1cccc2c1CCC(COc1nccn1C(c1ccccc1)c1ccccc1)=C2. The second-order valence-electron chi connectivity index (χ2n) is 8.35. The van der Waals surface area contributed by atoms with Gasteiger partial charge in [-0.25, -0.2) is 4.98 Å². The lowest BCUT2D eigenvalue weighted by atomic mass is 9.92. The van der Waals surface area contributed by atoms with Crippen molar-refractivity contribution in [3.8, 4) is 11.8 Å². The van der Waals surface area contributed by atoms with Gasteiger partial charge in [-0.3, -0.25) is 9.36 Å². The quantitative estimate of drug-likeness (QED) is 0.262. The number of rotatable bonds is 7. The van der Waals surface area contributed by atoms with Crippen LogP contribution in [0, 0.1) is 0 Å². The van der Waals surface area contributed by atoms with Crippen molar-refractivity contribution in [1.82, 2.24) is 9.55 Å². The summed E-state index contributed by atoms with van der Waals surface area (Å²) in [6, 6.07) is 27.1. The van der Waals surface area contributed by atoms with E-state index in [2.05, 4.69) is 64.2 Å². The maximum Gasteiger partial charge on any atom is 0.308 e. The number of nitrogens with zero attached hydrogens (tertiary/aromatic N) is 2. The molecule has 0 radical (unpaired) electrons. The van der Waals surface area contributed by atoms with Gasteiger partial charge in [-0.05, 0) is 41.2 Å². The molecular formula is C29H26N2O3. The zero-order chi connectivity index (χ0) is 23.3. The predicted molar refractivity (Wildman–Crippen MR) is 132 cm³/mol. The Bertz CT molecular complexity index is 1270. The predicted octanol–water partition coefficient (Wildman–Crippen LogP) is 5.85. The third-order valence-electron chi connectivity index (χ3n) is 6.01. The Kier molecular flexibility index (Phi) is 6.25. The Morgan fingerprint density at radius 3 is 2.32 bits per heavy atom. The Morgan fingerprint density at radius 2 is 1.65 bits per heavy atom. The second kappa shape index (κ2) is 9.79. The zero-order valence-electron chi connectivity index (χ0n) is 19.1. The van der Waals surface area contributed by atoms with Crippen LogP contribution >= 0.6 is 0 Å². The summed E-state index contributed by atoms with van der Waals surface area (Å²) in [5.41, 5.74) is 5.65. The number of ether oxygens (including phenoxy) is 2. The number of carbonyl (C=O) groups is 1. The van der Waals surface area contributed by atoms with Crippen LogP contribution in [0.2, 0.25) is 0 Å². The summed E-state index contributed by atoms with van der Waals surface area (Å²) >= 11 is 0. The van der Waals surface area contributed by atoms with Crippen molar-refractivity contribution in [3.63, 3.8) is 0 Å². The molecule has 0 spiro atoms. The summed E-state index contributed by atoms with van der Waals surface area (Å²) in [4.78, 5) is 15.9. The second-order valence-corrected chi connectivity index (χ2v) is 8.35. The van der Waals surface area contributed by atoms with Crippen LogP contribution in [0.1, 0.15) is 41.6 Å². The summed E-state index contributed by atoms with van der Waals surface area (Å²) in [6.45, 7) is 1.88. The molecule has 0 saturated heterocycles. The maximum absolute atomic E-state index is 11.4. The highest BCUT2D eigenvalue weighted by molar-refractivity contribution is 5.72. The minimum atomic E-state index is -0.301. The molecule has 1 aliphatic carbocycles. The maximum atomic E-state index is 11.4. The zero-order valence-corrected chi connectivity index (χ0v) is 19.1. The fourth-order valence-electron chi connectivity index (χ4n) is 4.48. The molecule has 5 nitrogen and oxygen atoms in total. The third-order valence-corrected chi connectivity index (χ3v) is 6.01. The van der Waals surface area contributed by atoms with Gasteiger partial charge in [0, 0.05) is 24.9 Å². The number of carbonyl (C=O) groups excluding carboxylic acids is 1. The number of fused-ring (bicyclic) bond motifs is 1. The van der Waals surface area contributed by atoms with Gasteiger partial charge in [-0.15, -0.1) is 0 Å². The van der Waals surface area contributed by atoms with Crippen LogP contribution in [0.3, 0.4) is 0 Å². The number of aromatic nitrogens is 2. The normalized spacial score (nSPS) is 12.7. The number of hydrogen-bond acceptors (Lipinski definition) is 4. The van der Waals surface area contributed by atoms with E-state index in [1.54, 1.807) is 6.20 Å². The van der Waals surface area contributed by atoms with E-state index < -0.39 is 0 Å². The summed E-state index contributed by atoms with van der Waals surface area (Å²) in [5.74, 6) is 0.343. The van der Waals surface area contributed by atoms with E-state index in [0.29, 0.717) is 18.4 Å².